The van der Waals surface area contributed by atoms with Crippen molar-refractivity contribution in [2.24, 2.45) is 0 Å². The Morgan fingerprint density at radius 1 is 1.19 bits per heavy atom. The van der Waals surface area contributed by atoms with Crippen molar-refractivity contribution in [3.63, 3.8) is 0 Å². The van der Waals surface area contributed by atoms with Gasteiger partial charge in [0.05, 0.1) is 7.11 Å². The van der Waals surface area contributed by atoms with Crippen LogP contribution >= 0.6 is 11.6 Å². The van der Waals surface area contributed by atoms with E-state index in [0.717, 1.165) is 5.56 Å². The third kappa shape index (κ3) is 3.59. The fraction of sp³-hybridized carbons (Fsp3) is 0.158. The predicted molar refractivity (Wildman–Crippen MR) is 97.4 cm³/mol. The van der Waals surface area contributed by atoms with Crippen molar-refractivity contribution < 1.29 is 23.1 Å². The molecule has 0 unspecified atom stereocenters. The van der Waals surface area contributed by atoms with Gasteiger partial charge in [0.15, 0.2) is 11.5 Å². The van der Waals surface area contributed by atoms with Crippen molar-refractivity contribution >= 4 is 22.7 Å². The van der Waals surface area contributed by atoms with Crippen molar-refractivity contribution in [3.8, 4) is 28.6 Å². The summed E-state index contributed by atoms with van der Waals surface area (Å²) in [6.07, 6.45) is 1.66. The normalized spacial score (nSPS) is 13.5. The van der Waals surface area contributed by atoms with Crippen LogP contribution in [0.5, 0.6) is 17.2 Å². The molecule has 0 amide bonds. The fourth-order valence-corrected chi connectivity index (χ4v) is 2.82. The predicted octanol–water partition coefficient (Wildman–Crippen LogP) is 4.39. The van der Waals surface area contributed by atoms with Crippen molar-refractivity contribution in [2.45, 2.75) is 0 Å². The molecule has 2 heterocycles. The molecule has 4 rings (SSSR count). The summed E-state index contributed by atoms with van der Waals surface area (Å²) in [5.41, 5.74) is 1.35. The molecule has 0 N–H and O–H groups in total. The highest BCUT2D eigenvalue weighted by Gasteiger charge is 2.19. The number of hydrogen-bond acceptors (Lipinski definition) is 6. The van der Waals surface area contributed by atoms with Crippen LogP contribution in [0.3, 0.4) is 0 Å². The second-order valence-electron chi connectivity index (χ2n) is 5.67. The summed E-state index contributed by atoms with van der Waals surface area (Å²) in [6, 6.07) is 9.33. The lowest BCUT2D eigenvalue weighted by atomic mass is 10.1. The molecule has 1 aliphatic rings. The average Bonchev–Trinajstić information content (AvgIpc) is 3.18. The lowest BCUT2D eigenvalue weighted by Gasteiger charge is -2.21. The molecular formula is C19H14ClFN2O4. The summed E-state index contributed by atoms with van der Waals surface area (Å²) in [4.78, 5) is 4.25. The first-order valence-corrected chi connectivity index (χ1v) is 8.46. The molecule has 0 radical (unpaired) electrons. The summed E-state index contributed by atoms with van der Waals surface area (Å²) in [5, 5.41) is 4.12. The highest BCUT2D eigenvalue weighted by Crippen LogP contribution is 2.41. The Kier molecular flexibility index (Phi) is 4.68. The van der Waals surface area contributed by atoms with E-state index >= 15 is 0 Å². The smallest absolute Gasteiger partial charge is 0.269 e. The van der Waals surface area contributed by atoms with E-state index in [2.05, 4.69) is 10.1 Å². The molecule has 0 atom stereocenters. The van der Waals surface area contributed by atoms with Gasteiger partial charge in [-0.25, -0.2) is 4.39 Å². The van der Waals surface area contributed by atoms with Gasteiger partial charge < -0.3 is 18.7 Å². The third-order valence-electron chi connectivity index (χ3n) is 3.88. The van der Waals surface area contributed by atoms with Gasteiger partial charge in [0.25, 0.3) is 5.89 Å². The van der Waals surface area contributed by atoms with Crippen LogP contribution in [0.25, 0.3) is 22.5 Å². The first-order chi connectivity index (χ1) is 13.1. The number of hydrogen-bond donors (Lipinski definition) is 0. The van der Waals surface area contributed by atoms with E-state index in [1.165, 1.54) is 12.1 Å². The Morgan fingerprint density at radius 3 is 2.74 bits per heavy atom. The van der Waals surface area contributed by atoms with E-state index in [1.807, 2.05) is 0 Å². The zero-order valence-corrected chi connectivity index (χ0v) is 15.0. The standard InChI is InChI=1S/C19H14ClFN2O4/c1-24-15-9-11(10-16-17(15)26-7-6-25-16)8-14(20)19-22-18(23-27-19)12-2-4-13(21)5-3-12/h2-5,8-10H,6-7H2,1H3/b14-8-. The van der Waals surface area contributed by atoms with Crippen LogP contribution in [-0.2, 0) is 0 Å². The maximum Gasteiger partial charge on any atom is 0.269 e. The molecule has 0 fully saturated rings. The number of nitrogens with zero attached hydrogens (tertiary/aromatic N) is 2. The van der Waals surface area contributed by atoms with Crippen molar-refractivity contribution in [1.29, 1.82) is 0 Å². The van der Waals surface area contributed by atoms with Crippen molar-refractivity contribution in [1.82, 2.24) is 10.1 Å². The van der Waals surface area contributed by atoms with Gasteiger partial charge in [-0.2, -0.15) is 4.98 Å². The van der Waals surface area contributed by atoms with Gasteiger partial charge in [0.2, 0.25) is 11.6 Å². The number of halogens is 2. The molecule has 27 heavy (non-hydrogen) atoms. The summed E-state index contributed by atoms with van der Waals surface area (Å²) in [5.74, 6) is 1.80. The number of rotatable bonds is 4. The van der Waals surface area contributed by atoms with Crippen molar-refractivity contribution in [3.05, 3.63) is 53.7 Å². The molecule has 1 aromatic heterocycles. The monoisotopic (exact) mass is 388 g/mol. The van der Waals surface area contributed by atoms with Crippen LogP contribution in [0.1, 0.15) is 11.5 Å². The maximum absolute atomic E-state index is 13.0. The van der Waals surface area contributed by atoms with Gasteiger partial charge in [-0.3, -0.25) is 0 Å². The maximum atomic E-state index is 13.0. The second-order valence-corrected chi connectivity index (χ2v) is 6.08. The topological polar surface area (TPSA) is 66.6 Å². The minimum atomic E-state index is -0.340. The van der Waals surface area contributed by atoms with Crippen molar-refractivity contribution in [2.75, 3.05) is 20.3 Å². The quantitative estimate of drug-likeness (QED) is 0.660. The van der Waals surface area contributed by atoms with E-state index in [1.54, 1.807) is 37.5 Å². The number of methoxy groups -OCH3 is 1. The minimum Gasteiger partial charge on any atom is -0.493 e. The Morgan fingerprint density at radius 2 is 1.96 bits per heavy atom. The van der Waals surface area contributed by atoms with Crippen LogP contribution in [0, 0.1) is 5.82 Å². The van der Waals surface area contributed by atoms with Gasteiger partial charge in [0.1, 0.15) is 24.1 Å². The van der Waals surface area contributed by atoms with E-state index in [0.29, 0.717) is 41.9 Å². The molecule has 0 aliphatic carbocycles. The van der Waals surface area contributed by atoms with E-state index < -0.39 is 0 Å². The van der Waals surface area contributed by atoms with Crippen LogP contribution in [0.15, 0.2) is 40.9 Å². The van der Waals surface area contributed by atoms with Gasteiger partial charge >= 0.3 is 0 Å². The molecule has 0 saturated heterocycles. The van der Waals surface area contributed by atoms with E-state index in [9.17, 15) is 4.39 Å². The molecule has 1 aliphatic heterocycles. The molecule has 8 heteroatoms. The van der Waals surface area contributed by atoms with Gasteiger partial charge in [-0.15, -0.1) is 0 Å². The molecule has 0 spiro atoms. The highest BCUT2D eigenvalue weighted by molar-refractivity contribution is 6.50. The van der Waals surface area contributed by atoms with E-state index in [4.69, 9.17) is 30.3 Å². The Balaban J connectivity index is 1.64. The Hall–Kier alpha value is -3.06. The third-order valence-corrected chi connectivity index (χ3v) is 4.15. The number of ether oxygens (including phenoxy) is 3. The van der Waals surface area contributed by atoms with Gasteiger partial charge in [0, 0.05) is 5.56 Å². The highest BCUT2D eigenvalue weighted by atomic mass is 35.5. The lowest BCUT2D eigenvalue weighted by molar-refractivity contribution is 0.165. The minimum absolute atomic E-state index is 0.143. The second kappa shape index (κ2) is 7.28. The van der Waals surface area contributed by atoms with Crippen LogP contribution in [-0.4, -0.2) is 30.5 Å². The molecular weight excluding hydrogens is 375 g/mol. The number of aromatic nitrogens is 2. The van der Waals surface area contributed by atoms with Crippen LogP contribution in [0.2, 0.25) is 0 Å². The van der Waals surface area contributed by atoms with Crippen LogP contribution in [0.4, 0.5) is 4.39 Å². The largest absolute Gasteiger partial charge is 0.493 e. The molecule has 6 nitrogen and oxygen atoms in total. The molecule has 0 bridgehead atoms. The summed E-state index contributed by atoms with van der Waals surface area (Å²) >= 11 is 6.34. The Bertz CT molecular complexity index is 984. The first kappa shape index (κ1) is 17.4. The first-order valence-electron chi connectivity index (χ1n) is 8.09. The van der Waals surface area contributed by atoms with E-state index in [-0.39, 0.29) is 16.7 Å². The summed E-state index contributed by atoms with van der Waals surface area (Å²) in [7, 11) is 1.55. The SMILES string of the molecule is COc1cc(/C=C(\Cl)c2nc(-c3ccc(F)cc3)no2)cc2c1OCCO2. The molecule has 2 aromatic carbocycles. The summed E-state index contributed by atoms with van der Waals surface area (Å²) in [6.45, 7) is 0.926. The molecule has 0 saturated carbocycles. The van der Waals surface area contributed by atoms with Crippen LogP contribution < -0.4 is 14.2 Å². The molecule has 138 valence electrons. The average molecular weight is 389 g/mol. The van der Waals surface area contributed by atoms with Gasteiger partial charge in [-0.1, -0.05) is 16.8 Å². The number of fused-ring (bicyclic) bond motifs is 1. The molecule has 3 aromatic rings. The lowest BCUT2D eigenvalue weighted by Crippen LogP contribution is -2.16. The Labute approximate surface area is 159 Å². The summed E-state index contributed by atoms with van der Waals surface area (Å²) < 4.78 is 34.8. The number of benzene rings is 2. The fourth-order valence-electron chi connectivity index (χ4n) is 2.62. The zero-order chi connectivity index (χ0) is 18.8. The zero-order valence-electron chi connectivity index (χ0n) is 14.2. The van der Waals surface area contributed by atoms with Gasteiger partial charge in [-0.05, 0) is 48.0 Å².